The number of hydrogen-bond acceptors (Lipinski definition) is 2. The molecule has 4 heteroatoms. The van der Waals surface area contributed by atoms with Crippen molar-refractivity contribution in [2.45, 2.75) is 6.92 Å². The van der Waals surface area contributed by atoms with Gasteiger partial charge in [0.05, 0.1) is 8.45 Å². The summed E-state index contributed by atoms with van der Waals surface area (Å²) in [4.78, 5) is 13.6. The van der Waals surface area contributed by atoms with E-state index in [1.807, 2.05) is 16.3 Å². The van der Waals surface area contributed by atoms with Crippen LogP contribution < -0.4 is 0 Å². The van der Waals surface area contributed by atoms with E-state index >= 15 is 0 Å². The molecular formula is C9H10INOS. The van der Waals surface area contributed by atoms with E-state index in [1.54, 1.807) is 11.3 Å². The largest absolute Gasteiger partial charge is 0.338 e. The second-order valence-electron chi connectivity index (χ2n) is 3.45. The lowest BCUT2D eigenvalue weighted by molar-refractivity contribution is 0.0531. The Morgan fingerprint density at radius 3 is 2.85 bits per heavy atom. The first-order valence-corrected chi connectivity index (χ1v) is 6.16. The molecule has 1 aliphatic heterocycles. The summed E-state index contributed by atoms with van der Waals surface area (Å²) in [6.45, 7) is 4.01. The number of carbonyl (C=O) groups excluding carboxylic acids is 1. The molecule has 0 radical (unpaired) electrons. The van der Waals surface area contributed by atoms with Crippen molar-refractivity contribution in [3.05, 3.63) is 19.9 Å². The lowest BCUT2D eigenvalue weighted by Gasteiger charge is -2.36. The Balaban J connectivity index is 2.06. The predicted molar refractivity (Wildman–Crippen MR) is 62.1 cm³/mol. The Morgan fingerprint density at radius 1 is 1.69 bits per heavy atom. The Bertz CT molecular complexity index is 330. The van der Waals surface area contributed by atoms with Crippen LogP contribution in [0.4, 0.5) is 0 Å². The quantitative estimate of drug-likeness (QED) is 0.730. The molecule has 1 aromatic rings. The van der Waals surface area contributed by atoms with E-state index in [4.69, 9.17) is 0 Å². The molecular weight excluding hydrogens is 297 g/mol. The minimum absolute atomic E-state index is 0.192. The summed E-state index contributed by atoms with van der Waals surface area (Å²) in [6, 6.07) is 1.95. The van der Waals surface area contributed by atoms with Gasteiger partial charge in [-0.05, 0) is 34.6 Å². The summed E-state index contributed by atoms with van der Waals surface area (Å²) in [7, 11) is 0. The van der Waals surface area contributed by atoms with Crippen molar-refractivity contribution in [1.29, 1.82) is 0 Å². The summed E-state index contributed by atoms with van der Waals surface area (Å²) < 4.78 is 1.18. The van der Waals surface area contributed by atoms with Crippen LogP contribution in [-0.4, -0.2) is 23.9 Å². The molecule has 0 unspecified atom stereocenters. The van der Waals surface area contributed by atoms with Gasteiger partial charge < -0.3 is 4.90 Å². The number of thiophene rings is 1. The normalized spacial score (nSPS) is 17.2. The zero-order chi connectivity index (χ0) is 9.42. The molecule has 2 heterocycles. The van der Waals surface area contributed by atoms with Gasteiger partial charge in [-0.15, -0.1) is 11.3 Å². The zero-order valence-electron chi connectivity index (χ0n) is 7.29. The molecule has 0 aromatic carbocycles. The summed E-state index contributed by atoms with van der Waals surface area (Å²) in [5, 5.41) is 1.94. The molecule has 2 rings (SSSR count). The van der Waals surface area contributed by atoms with Crippen LogP contribution in [0, 0.1) is 8.80 Å². The van der Waals surface area contributed by atoms with Gasteiger partial charge in [0.25, 0.3) is 5.91 Å². The van der Waals surface area contributed by atoms with Crippen molar-refractivity contribution in [1.82, 2.24) is 4.90 Å². The third-order valence-corrected chi connectivity index (χ3v) is 3.95. The molecule has 13 heavy (non-hydrogen) atoms. The second-order valence-corrected chi connectivity index (χ2v) is 6.26. The molecule has 1 aliphatic rings. The van der Waals surface area contributed by atoms with Gasteiger partial charge in [-0.3, -0.25) is 4.79 Å². The van der Waals surface area contributed by atoms with E-state index in [0.717, 1.165) is 18.7 Å². The van der Waals surface area contributed by atoms with Crippen LogP contribution in [0.15, 0.2) is 11.4 Å². The maximum absolute atomic E-state index is 11.7. The molecule has 0 spiro atoms. The molecule has 2 nitrogen and oxygen atoms in total. The first-order valence-electron chi connectivity index (χ1n) is 4.20. The molecule has 1 amide bonds. The number of rotatable bonds is 1. The highest BCUT2D eigenvalue weighted by Gasteiger charge is 2.28. The van der Waals surface area contributed by atoms with Crippen molar-refractivity contribution < 1.29 is 4.79 Å². The van der Waals surface area contributed by atoms with Crippen LogP contribution in [-0.2, 0) is 0 Å². The smallest absolute Gasteiger partial charge is 0.254 e. The first-order chi connectivity index (χ1) is 6.16. The van der Waals surface area contributed by atoms with E-state index in [2.05, 4.69) is 29.5 Å². The van der Waals surface area contributed by atoms with Crippen molar-refractivity contribution in [2.24, 2.45) is 5.92 Å². The molecule has 1 aromatic heterocycles. The van der Waals surface area contributed by atoms with Crippen LogP contribution in [0.1, 0.15) is 17.3 Å². The number of hydrogen-bond donors (Lipinski definition) is 0. The van der Waals surface area contributed by atoms with Gasteiger partial charge in [0.1, 0.15) is 0 Å². The van der Waals surface area contributed by atoms with Crippen LogP contribution in [0.3, 0.4) is 0 Å². The maximum Gasteiger partial charge on any atom is 0.254 e. The van der Waals surface area contributed by atoms with E-state index in [1.165, 1.54) is 2.88 Å². The Kier molecular flexibility index (Phi) is 2.60. The minimum Gasteiger partial charge on any atom is -0.338 e. The highest BCUT2D eigenvalue weighted by atomic mass is 127. The molecule has 0 saturated carbocycles. The van der Waals surface area contributed by atoms with E-state index < -0.39 is 0 Å². The molecule has 1 saturated heterocycles. The predicted octanol–water partition coefficient (Wildman–Crippen LogP) is 2.44. The zero-order valence-corrected chi connectivity index (χ0v) is 10.3. The van der Waals surface area contributed by atoms with Crippen molar-refractivity contribution >= 4 is 39.8 Å². The molecule has 70 valence electrons. The van der Waals surface area contributed by atoms with Gasteiger partial charge in [-0.2, -0.15) is 0 Å². The van der Waals surface area contributed by atoms with Gasteiger partial charge in [-0.25, -0.2) is 0 Å². The topological polar surface area (TPSA) is 20.3 Å². The van der Waals surface area contributed by atoms with Crippen LogP contribution in [0.5, 0.6) is 0 Å². The van der Waals surface area contributed by atoms with Crippen LogP contribution >= 0.6 is 33.9 Å². The summed E-state index contributed by atoms with van der Waals surface area (Å²) in [6.07, 6.45) is 0. The summed E-state index contributed by atoms with van der Waals surface area (Å²) in [5.41, 5.74) is 0.848. The van der Waals surface area contributed by atoms with Crippen LogP contribution in [0.25, 0.3) is 0 Å². The minimum atomic E-state index is 0.192. The average Bonchev–Trinajstić information content (AvgIpc) is 2.45. The Morgan fingerprint density at radius 2 is 2.38 bits per heavy atom. The fourth-order valence-electron chi connectivity index (χ4n) is 1.47. The number of halogens is 1. The molecule has 1 fully saturated rings. The lowest BCUT2D eigenvalue weighted by Crippen LogP contribution is -2.48. The van der Waals surface area contributed by atoms with Crippen molar-refractivity contribution in [2.75, 3.05) is 13.1 Å². The van der Waals surface area contributed by atoms with Crippen molar-refractivity contribution in [3.63, 3.8) is 0 Å². The fourth-order valence-corrected chi connectivity index (χ4v) is 2.79. The number of carbonyl (C=O) groups is 1. The highest BCUT2D eigenvalue weighted by Crippen LogP contribution is 2.22. The fraction of sp³-hybridized carbons (Fsp3) is 0.444. The Hall–Kier alpha value is -0.100. The Labute approximate surface area is 95.1 Å². The summed E-state index contributed by atoms with van der Waals surface area (Å²) >= 11 is 3.86. The van der Waals surface area contributed by atoms with E-state index in [-0.39, 0.29) is 5.91 Å². The lowest BCUT2D eigenvalue weighted by atomic mass is 10.0. The van der Waals surface area contributed by atoms with Gasteiger partial charge in [0, 0.05) is 18.5 Å². The number of amides is 1. The third kappa shape index (κ3) is 1.88. The number of nitrogens with zero attached hydrogens (tertiary/aromatic N) is 1. The molecule has 0 aliphatic carbocycles. The van der Waals surface area contributed by atoms with Gasteiger partial charge in [0.15, 0.2) is 0 Å². The maximum atomic E-state index is 11.7. The SMILES string of the molecule is CC1CN(C(=O)c2csc(I)c2)C1. The van der Waals surface area contributed by atoms with E-state index in [9.17, 15) is 4.79 Å². The van der Waals surface area contributed by atoms with Gasteiger partial charge in [0.2, 0.25) is 0 Å². The first kappa shape index (κ1) is 9.45. The average molecular weight is 307 g/mol. The summed E-state index contributed by atoms with van der Waals surface area (Å²) in [5.74, 6) is 0.874. The second kappa shape index (κ2) is 3.57. The van der Waals surface area contributed by atoms with E-state index in [0.29, 0.717) is 5.92 Å². The third-order valence-electron chi connectivity index (χ3n) is 2.17. The highest BCUT2D eigenvalue weighted by molar-refractivity contribution is 14.1. The molecule has 0 bridgehead atoms. The molecule has 0 N–H and O–H groups in total. The standard InChI is InChI=1S/C9H10INOS/c1-6-3-11(4-6)9(12)7-2-8(10)13-5-7/h2,5-6H,3-4H2,1H3. The van der Waals surface area contributed by atoms with Crippen LogP contribution in [0.2, 0.25) is 0 Å². The monoisotopic (exact) mass is 307 g/mol. The number of likely N-dealkylation sites (tertiary alicyclic amines) is 1. The molecule has 0 atom stereocenters. The van der Waals surface area contributed by atoms with Gasteiger partial charge >= 0.3 is 0 Å². The van der Waals surface area contributed by atoms with Crippen molar-refractivity contribution in [3.8, 4) is 0 Å². The van der Waals surface area contributed by atoms with Gasteiger partial charge in [-0.1, -0.05) is 6.92 Å².